The van der Waals surface area contributed by atoms with E-state index in [0.717, 1.165) is 0 Å². The first-order valence-electron chi connectivity index (χ1n) is 12.0. The fourth-order valence-electron chi connectivity index (χ4n) is 5.40. The summed E-state index contributed by atoms with van der Waals surface area (Å²) in [5.41, 5.74) is 5.99. The van der Waals surface area contributed by atoms with Crippen LogP contribution < -0.4 is 4.90 Å². The maximum absolute atomic E-state index is 2.42. The summed E-state index contributed by atoms with van der Waals surface area (Å²) in [5.74, 6) is 0. The van der Waals surface area contributed by atoms with Gasteiger partial charge in [0.1, 0.15) is 0 Å². The summed E-state index contributed by atoms with van der Waals surface area (Å²) >= 11 is 0. The van der Waals surface area contributed by atoms with Crippen LogP contribution in [0.2, 0.25) is 0 Å². The van der Waals surface area contributed by atoms with Gasteiger partial charge in [-0.25, -0.2) is 0 Å². The molecule has 35 heavy (non-hydrogen) atoms. The molecule has 7 aromatic rings. The van der Waals surface area contributed by atoms with E-state index < -0.39 is 0 Å². The molecule has 0 aliphatic rings. The standard InChI is InChI=1S/C33H24N2/c1-34(27-14-3-2-4-15-27)30-16-9-17-31-33(30)29-21-25-12-7-8-13-26(25)22-32(29)35(31)28-19-18-23-10-5-6-11-24(23)20-28/h2-22H,1H3. The van der Waals surface area contributed by atoms with Crippen LogP contribution >= 0.6 is 0 Å². The van der Waals surface area contributed by atoms with Gasteiger partial charge in [0, 0.05) is 29.2 Å². The third kappa shape index (κ3) is 3.11. The number of nitrogens with zero attached hydrogens (tertiary/aromatic N) is 2. The Kier molecular flexibility index (Phi) is 4.40. The van der Waals surface area contributed by atoms with Gasteiger partial charge in [-0.15, -0.1) is 0 Å². The number of fused-ring (bicyclic) bond motifs is 5. The zero-order valence-corrected chi connectivity index (χ0v) is 19.5. The molecule has 0 spiro atoms. The molecular formula is C33H24N2. The first-order valence-corrected chi connectivity index (χ1v) is 12.0. The van der Waals surface area contributed by atoms with E-state index in [0.29, 0.717) is 0 Å². The minimum atomic E-state index is 1.17. The number of hydrogen-bond acceptors (Lipinski definition) is 1. The lowest BCUT2D eigenvalue weighted by atomic mass is 10.0. The van der Waals surface area contributed by atoms with Crippen molar-refractivity contribution < 1.29 is 0 Å². The first kappa shape index (κ1) is 19.9. The average Bonchev–Trinajstić information content (AvgIpc) is 3.25. The molecule has 0 saturated carbocycles. The maximum Gasteiger partial charge on any atom is 0.0562 e. The smallest absolute Gasteiger partial charge is 0.0562 e. The van der Waals surface area contributed by atoms with Crippen LogP contribution in [0.25, 0.3) is 49.0 Å². The number of para-hydroxylation sites is 1. The topological polar surface area (TPSA) is 8.17 Å². The summed E-state index contributed by atoms with van der Waals surface area (Å²) in [7, 11) is 2.16. The summed E-state index contributed by atoms with van der Waals surface area (Å²) < 4.78 is 2.42. The van der Waals surface area contributed by atoms with Crippen molar-refractivity contribution in [2.24, 2.45) is 0 Å². The van der Waals surface area contributed by atoms with Crippen LogP contribution in [-0.4, -0.2) is 11.6 Å². The second-order valence-electron chi connectivity index (χ2n) is 9.15. The molecule has 6 aromatic carbocycles. The Bertz CT molecular complexity index is 1860. The van der Waals surface area contributed by atoms with E-state index in [9.17, 15) is 0 Å². The van der Waals surface area contributed by atoms with Gasteiger partial charge in [-0.3, -0.25) is 0 Å². The average molecular weight is 449 g/mol. The second-order valence-corrected chi connectivity index (χ2v) is 9.15. The third-order valence-electron chi connectivity index (χ3n) is 7.13. The maximum atomic E-state index is 2.42. The molecule has 0 saturated heterocycles. The monoisotopic (exact) mass is 448 g/mol. The van der Waals surface area contributed by atoms with E-state index in [2.05, 4.69) is 144 Å². The van der Waals surface area contributed by atoms with Gasteiger partial charge in [-0.05, 0) is 70.1 Å². The number of rotatable bonds is 3. The Morgan fingerprint density at radius 3 is 1.94 bits per heavy atom. The molecule has 0 amide bonds. The zero-order valence-electron chi connectivity index (χ0n) is 19.5. The van der Waals surface area contributed by atoms with E-state index in [1.54, 1.807) is 0 Å². The summed E-state index contributed by atoms with van der Waals surface area (Å²) in [4.78, 5) is 2.29. The van der Waals surface area contributed by atoms with Crippen LogP contribution in [-0.2, 0) is 0 Å². The van der Waals surface area contributed by atoms with Crippen molar-refractivity contribution in [1.29, 1.82) is 0 Å². The molecule has 0 unspecified atom stereocenters. The highest BCUT2D eigenvalue weighted by atomic mass is 15.1. The van der Waals surface area contributed by atoms with Crippen LogP contribution in [0.4, 0.5) is 11.4 Å². The third-order valence-corrected chi connectivity index (χ3v) is 7.13. The normalized spacial score (nSPS) is 11.6. The fraction of sp³-hybridized carbons (Fsp3) is 0.0303. The molecule has 0 aliphatic heterocycles. The van der Waals surface area contributed by atoms with E-state index in [4.69, 9.17) is 0 Å². The van der Waals surface area contributed by atoms with Crippen LogP contribution in [0.15, 0.2) is 127 Å². The largest absolute Gasteiger partial charge is 0.344 e. The lowest BCUT2D eigenvalue weighted by Crippen LogP contribution is -2.09. The Morgan fingerprint density at radius 2 is 1.17 bits per heavy atom. The summed E-state index contributed by atoms with van der Waals surface area (Å²) in [6.45, 7) is 0. The van der Waals surface area contributed by atoms with Crippen molar-refractivity contribution in [3.8, 4) is 5.69 Å². The van der Waals surface area contributed by atoms with Crippen molar-refractivity contribution in [1.82, 2.24) is 4.57 Å². The van der Waals surface area contributed by atoms with Crippen LogP contribution in [0, 0.1) is 0 Å². The molecule has 2 nitrogen and oxygen atoms in total. The first-order chi connectivity index (χ1) is 17.3. The van der Waals surface area contributed by atoms with Crippen molar-refractivity contribution in [2.75, 3.05) is 11.9 Å². The molecule has 1 aromatic heterocycles. The molecule has 0 N–H and O–H groups in total. The number of hydrogen-bond donors (Lipinski definition) is 0. The summed E-state index contributed by atoms with van der Waals surface area (Å²) in [5, 5.41) is 7.56. The Balaban J connectivity index is 1.60. The van der Waals surface area contributed by atoms with E-state index in [-0.39, 0.29) is 0 Å². The van der Waals surface area contributed by atoms with Crippen LogP contribution in [0.5, 0.6) is 0 Å². The van der Waals surface area contributed by atoms with Gasteiger partial charge >= 0.3 is 0 Å². The second kappa shape index (κ2) is 7.75. The number of anilines is 2. The Morgan fingerprint density at radius 1 is 0.514 bits per heavy atom. The predicted octanol–water partition coefficient (Wildman–Crippen LogP) is 8.86. The molecule has 0 aliphatic carbocycles. The van der Waals surface area contributed by atoms with Gasteiger partial charge in [-0.1, -0.05) is 78.9 Å². The van der Waals surface area contributed by atoms with E-state index in [1.165, 1.54) is 60.4 Å². The highest BCUT2D eigenvalue weighted by molar-refractivity contribution is 6.18. The van der Waals surface area contributed by atoms with Crippen LogP contribution in [0.1, 0.15) is 0 Å². The number of aromatic nitrogens is 1. The summed E-state index contributed by atoms with van der Waals surface area (Å²) in [6, 6.07) is 45.9. The van der Waals surface area contributed by atoms with Crippen molar-refractivity contribution in [3.63, 3.8) is 0 Å². The molecule has 0 fully saturated rings. The Labute approximate surface area is 204 Å². The van der Waals surface area contributed by atoms with Gasteiger partial charge in [-0.2, -0.15) is 0 Å². The number of benzene rings is 6. The van der Waals surface area contributed by atoms with Crippen LogP contribution in [0.3, 0.4) is 0 Å². The zero-order chi connectivity index (χ0) is 23.4. The highest BCUT2D eigenvalue weighted by Gasteiger charge is 2.18. The molecule has 0 radical (unpaired) electrons. The molecule has 2 heteroatoms. The fourth-order valence-corrected chi connectivity index (χ4v) is 5.40. The highest BCUT2D eigenvalue weighted by Crippen LogP contribution is 2.41. The van der Waals surface area contributed by atoms with Gasteiger partial charge in [0.15, 0.2) is 0 Å². The minimum absolute atomic E-state index is 1.17. The lowest BCUT2D eigenvalue weighted by Gasteiger charge is -2.21. The predicted molar refractivity (Wildman–Crippen MR) is 150 cm³/mol. The van der Waals surface area contributed by atoms with Gasteiger partial charge < -0.3 is 9.47 Å². The van der Waals surface area contributed by atoms with Crippen molar-refractivity contribution >= 4 is 54.7 Å². The molecule has 1 heterocycles. The minimum Gasteiger partial charge on any atom is -0.344 e. The van der Waals surface area contributed by atoms with E-state index >= 15 is 0 Å². The SMILES string of the molecule is CN(c1ccccc1)c1cccc2c1c1cc3ccccc3cc1n2-c1ccc2ccccc2c1. The van der Waals surface area contributed by atoms with Gasteiger partial charge in [0.2, 0.25) is 0 Å². The van der Waals surface area contributed by atoms with Gasteiger partial charge in [0.25, 0.3) is 0 Å². The quantitative estimate of drug-likeness (QED) is 0.262. The van der Waals surface area contributed by atoms with Gasteiger partial charge in [0.05, 0.1) is 16.7 Å². The molecule has 0 atom stereocenters. The molecular weight excluding hydrogens is 424 g/mol. The molecule has 7 rings (SSSR count). The van der Waals surface area contributed by atoms with Crippen molar-refractivity contribution in [2.45, 2.75) is 0 Å². The Hall–Kier alpha value is -4.56. The van der Waals surface area contributed by atoms with Crippen molar-refractivity contribution in [3.05, 3.63) is 127 Å². The molecule has 0 bridgehead atoms. The summed E-state index contributed by atoms with van der Waals surface area (Å²) in [6.07, 6.45) is 0. The van der Waals surface area contributed by atoms with E-state index in [1.807, 2.05) is 0 Å². The molecule has 166 valence electrons. The lowest BCUT2D eigenvalue weighted by molar-refractivity contribution is 1.18.